The maximum atomic E-state index is 13.7. The van der Waals surface area contributed by atoms with Gasteiger partial charge in [-0.25, -0.2) is 8.42 Å². The van der Waals surface area contributed by atoms with Gasteiger partial charge in [0.25, 0.3) is 10.0 Å². The second-order valence-electron chi connectivity index (χ2n) is 8.71. The number of nitrogens with zero attached hydrogens (tertiary/aromatic N) is 1. The molecule has 3 aromatic rings. The van der Waals surface area contributed by atoms with Crippen LogP contribution in [0.4, 0.5) is 27.6 Å². The van der Waals surface area contributed by atoms with Gasteiger partial charge in [0, 0.05) is 12.5 Å². The van der Waals surface area contributed by atoms with Crippen LogP contribution >= 0.6 is 0 Å². The van der Waals surface area contributed by atoms with Crippen LogP contribution in [0.1, 0.15) is 29.5 Å². The van der Waals surface area contributed by atoms with E-state index in [2.05, 4.69) is 4.74 Å². The molecule has 1 N–H and O–H groups in total. The van der Waals surface area contributed by atoms with E-state index in [1.54, 1.807) is 0 Å². The van der Waals surface area contributed by atoms with E-state index in [1.165, 1.54) is 60.7 Å². The molecular formula is C27H22F5NO6S. The largest absolute Gasteiger partial charge is 0.486 e. The fourth-order valence-corrected chi connectivity index (χ4v) is 5.65. The zero-order chi connectivity index (χ0) is 29.1. The van der Waals surface area contributed by atoms with Gasteiger partial charge in [-0.2, -0.15) is 22.0 Å². The highest BCUT2D eigenvalue weighted by molar-refractivity contribution is 7.92. The first-order chi connectivity index (χ1) is 18.8. The number of hydrogen-bond acceptors (Lipinski definition) is 5. The minimum Gasteiger partial charge on any atom is -0.486 e. The summed E-state index contributed by atoms with van der Waals surface area (Å²) in [6.45, 7) is -3.48. The number of rotatable bonds is 9. The molecule has 0 spiro atoms. The lowest BCUT2D eigenvalue weighted by Gasteiger charge is -2.35. The molecule has 3 aromatic carbocycles. The van der Waals surface area contributed by atoms with Crippen LogP contribution in [0.25, 0.3) is 12.2 Å². The van der Waals surface area contributed by atoms with Gasteiger partial charge in [0.2, 0.25) is 0 Å². The van der Waals surface area contributed by atoms with Crippen LogP contribution < -0.4 is 13.8 Å². The maximum absolute atomic E-state index is 13.7. The third kappa shape index (κ3) is 6.71. The van der Waals surface area contributed by atoms with Crippen LogP contribution in [-0.4, -0.2) is 38.8 Å². The van der Waals surface area contributed by atoms with Crippen molar-refractivity contribution in [1.29, 1.82) is 0 Å². The standard InChI is InChI=1S/C27H22F5NO6S/c28-26(29)39-19-5-3-6-21(15-19)40(36,37)33-16-20(11-13-25(34)35)38-24-12-9-17(14-23(24)33)8-10-18-4-1-2-7-22(18)27(30,31)32/h1-10,12,14-15,20,26H,11,13,16H2,(H,34,35)/b10-8+/t20-/m0/s1. The number of carboxylic acid groups (broad SMARTS) is 1. The maximum Gasteiger partial charge on any atom is 0.416 e. The normalized spacial score (nSPS) is 15.7. The predicted octanol–water partition coefficient (Wildman–Crippen LogP) is 6.30. The molecule has 0 amide bonds. The molecule has 0 unspecified atom stereocenters. The predicted molar refractivity (Wildman–Crippen MR) is 136 cm³/mol. The topological polar surface area (TPSA) is 93.1 Å². The summed E-state index contributed by atoms with van der Waals surface area (Å²) in [7, 11) is -4.41. The zero-order valence-corrected chi connectivity index (χ0v) is 21.3. The van der Waals surface area contributed by atoms with E-state index in [0.29, 0.717) is 5.56 Å². The first kappa shape index (κ1) is 28.9. The van der Waals surface area contributed by atoms with E-state index in [9.17, 15) is 35.2 Å². The van der Waals surface area contributed by atoms with E-state index < -0.39 is 40.4 Å². The molecule has 0 aliphatic carbocycles. The SMILES string of the molecule is O=C(O)CC[C@H]1CN(S(=O)(=O)c2cccc(OC(F)F)c2)c2cc(/C=C/c3ccccc3C(F)(F)F)ccc2O1. The molecule has 0 bridgehead atoms. The highest BCUT2D eigenvalue weighted by atomic mass is 32.2. The monoisotopic (exact) mass is 583 g/mol. The average Bonchev–Trinajstić information content (AvgIpc) is 2.89. The van der Waals surface area contributed by atoms with E-state index in [-0.39, 0.29) is 47.0 Å². The van der Waals surface area contributed by atoms with Crippen molar-refractivity contribution in [2.75, 3.05) is 10.8 Å². The van der Waals surface area contributed by atoms with Gasteiger partial charge in [0.1, 0.15) is 17.6 Å². The van der Waals surface area contributed by atoms with E-state index in [0.717, 1.165) is 22.5 Å². The molecule has 13 heteroatoms. The second-order valence-corrected chi connectivity index (χ2v) is 10.6. The summed E-state index contributed by atoms with van der Waals surface area (Å²) in [5, 5.41) is 9.06. The van der Waals surface area contributed by atoms with E-state index in [4.69, 9.17) is 9.84 Å². The van der Waals surface area contributed by atoms with Crippen molar-refractivity contribution in [3.63, 3.8) is 0 Å². The Hall–Kier alpha value is -4.13. The van der Waals surface area contributed by atoms with Crippen LogP contribution in [0.2, 0.25) is 0 Å². The summed E-state index contributed by atoms with van der Waals surface area (Å²) >= 11 is 0. The molecular weight excluding hydrogens is 561 g/mol. The number of anilines is 1. The highest BCUT2D eigenvalue weighted by Gasteiger charge is 2.35. The molecule has 0 fully saturated rings. The Morgan fingerprint density at radius 3 is 2.52 bits per heavy atom. The van der Waals surface area contributed by atoms with Crippen molar-refractivity contribution in [3.8, 4) is 11.5 Å². The molecule has 1 heterocycles. The van der Waals surface area contributed by atoms with Gasteiger partial charge in [-0.15, -0.1) is 0 Å². The Morgan fingerprint density at radius 2 is 1.82 bits per heavy atom. The number of halogens is 5. The van der Waals surface area contributed by atoms with Crippen LogP contribution in [0.15, 0.2) is 71.6 Å². The third-order valence-electron chi connectivity index (χ3n) is 5.94. The fourth-order valence-electron chi connectivity index (χ4n) is 4.12. The summed E-state index contributed by atoms with van der Waals surface area (Å²) < 4.78 is 104. The molecule has 0 aromatic heterocycles. The van der Waals surface area contributed by atoms with Crippen LogP contribution in [0.3, 0.4) is 0 Å². The minimum absolute atomic E-state index is 0.0226. The molecule has 1 aliphatic heterocycles. The first-order valence-corrected chi connectivity index (χ1v) is 13.2. The molecule has 0 saturated carbocycles. The van der Waals surface area contributed by atoms with Gasteiger partial charge in [0.15, 0.2) is 0 Å². The number of fused-ring (bicyclic) bond motifs is 1. The summed E-state index contributed by atoms with van der Waals surface area (Å²) in [6.07, 6.45) is -3.13. The number of benzene rings is 3. The summed E-state index contributed by atoms with van der Waals surface area (Å²) in [6, 6.07) is 13.8. The lowest BCUT2D eigenvalue weighted by Crippen LogP contribution is -2.43. The quantitative estimate of drug-likeness (QED) is 0.235. The molecule has 0 saturated heterocycles. The lowest BCUT2D eigenvalue weighted by atomic mass is 10.0. The van der Waals surface area contributed by atoms with Gasteiger partial charge in [-0.05, 0) is 47.9 Å². The number of alkyl halides is 5. The Morgan fingerprint density at radius 1 is 1.07 bits per heavy atom. The molecule has 1 aliphatic rings. The number of sulfonamides is 1. The molecule has 212 valence electrons. The Kier molecular flexibility index (Phi) is 8.33. The zero-order valence-electron chi connectivity index (χ0n) is 20.5. The average molecular weight is 584 g/mol. The summed E-state index contributed by atoms with van der Waals surface area (Å²) in [5.74, 6) is -1.40. The molecule has 0 radical (unpaired) electrons. The van der Waals surface area contributed by atoms with Crippen molar-refractivity contribution >= 4 is 33.8 Å². The summed E-state index contributed by atoms with van der Waals surface area (Å²) in [4.78, 5) is 10.7. The van der Waals surface area contributed by atoms with Gasteiger partial charge in [-0.3, -0.25) is 9.10 Å². The van der Waals surface area contributed by atoms with Crippen LogP contribution in [-0.2, 0) is 21.0 Å². The first-order valence-electron chi connectivity index (χ1n) is 11.8. The summed E-state index contributed by atoms with van der Waals surface area (Å²) in [5.41, 5.74) is -0.557. The molecule has 7 nitrogen and oxygen atoms in total. The lowest BCUT2D eigenvalue weighted by molar-refractivity contribution is -0.138. The van der Waals surface area contributed by atoms with Gasteiger partial charge >= 0.3 is 18.8 Å². The fraction of sp³-hybridized carbons (Fsp3) is 0.222. The van der Waals surface area contributed by atoms with Gasteiger partial charge < -0.3 is 14.6 Å². The Bertz CT molecular complexity index is 1520. The van der Waals surface area contributed by atoms with Gasteiger partial charge in [-0.1, -0.05) is 42.5 Å². The molecule has 1 atom stereocenters. The number of carbonyl (C=O) groups is 1. The smallest absolute Gasteiger partial charge is 0.416 e. The Balaban J connectivity index is 1.74. The molecule has 4 rings (SSSR count). The van der Waals surface area contributed by atoms with Crippen molar-refractivity contribution in [1.82, 2.24) is 0 Å². The second kappa shape index (κ2) is 11.5. The van der Waals surface area contributed by atoms with Crippen molar-refractivity contribution < 1.29 is 49.7 Å². The van der Waals surface area contributed by atoms with Crippen LogP contribution in [0, 0.1) is 0 Å². The van der Waals surface area contributed by atoms with Crippen molar-refractivity contribution in [2.45, 2.75) is 36.6 Å². The number of carboxylic acids is 1. The van der Waals surface area contributed by atoms with Crippen molar-refractivity contribution in [3.05, 3.63) is 83.4 Å². The van der Waals surface area contributed by atoms with E-state index in [1.807, 2.05) is 0 Å². The van der Waals surface area contributed by atoms with Gasteiger partial charge in [0.05, 0.1) is 22.7 Å². The third-order valence-corrected chi connectivity index (χ3v) is 7.71. The minimum atomic E-state index is -4.58. The van der Waals surface area contributed by atoms with Crippen molar-refractivity contribution in [2.24, 2.45) is 0 Å². The van der Waals surface area contributed by atoms with Crippen LogP contribution in [0.5, 0.6) is 11.5 Å². The van der Waals surface area contributed by atoms with E-state index >= 15 is 0 Å². The number of hydrogen-bond donors (Lipinski definition) is 1. The number of aliphatic carboxylic acids is 1. The number of ether oxygens (including phenoxy) is 2. The highest BCUT2D eigenvalue weighted by Crippen LogP contribution is 2.40. The Labute approximate surface area is 226 Å². The molecule has 40 heavy (non-hydrogen) atoms.